The normalized spacial score (nSPS) is 11.1. The molecule has 96 valence electrons. The summed E-state index contributed by atoms with van der Waals surface area (Å²) in [4.78, 5) is 5.05. The molecule has 0 atom stereocenters. The first kappa shape index (κ1) is 13.0. The van der Waals surface area contributed by atoms with Crippen LogP contribution in [0, 0.1) is 5.82 Å². The maximum atomic E-state index is 12.9. The van der Waals surface area contributed by atoms with Crippen LogP contribution in [0.3, 0.4) is 0 Å². The Morgan fingerprint density at radius 2 is 2.22 bits per heavy atom. The highest BCUT2D eigenvalue weighted by Gasteiger charge is 2.07. The van der Waals surface area contributed by atoms with Crippen LogP contribution in [0.4, 0.5) is 10.1 Å². The summed E-state index contributed by atoms with van der Waals surface area (Å²) in [5.41, 5.74) is 7.40. The molecule has 3 nitrogen and oxygen atoms in total. The second-order valence-corrected chi connectivity index (χ2v) is 5.37. The van der Waals surface area contributed by atoms with Crippen molar-refractivity contribution in [3.8, 4) is 0 Å². The molecule has 1 aromatic carbocycles. The number of imidazole rings is 1. The molecule has 0 aliphatic heterocycles. The molecule has 0 amide bonds. The second kappa shape index (κ2) is 5.44. The molecule has 1 aromatic heterocycles. The van der Waals surface area contributed by atoms with Gasteiger partial charge in [-0.15, -0.1) is 11.8 Å². The van der Waals surface area contributed by atoms with E-state index < -0.39 is 0 Å². The largest absolute Gasteiger partial charge is 0.398 e. The number of nitrogen functional groups attached to an aromatic ring is 1. The van der Waals surface area contributed by atoms with Gasteiger partial charge in [-0.25, -0.2) is 9.37 Å². The zero-order chi connectivity index (χ0) is 13.1. The third-order valence-electron chi connectivity index (χ3n) is 2.65. The van der Waals surface area contributed by atoms with E-state index in [1.807, 2.05) is 12.5 Å². The van der Waals surface area contributed by atoms with Crippen LogP contribution in [-0.4, -0.2) is 9.55 Å². The summed E-state index contributed by atoms with van der Waals surface area (Å²) in [6.07, 6.45) is 3.68. The highest BCUT2D eigenvalue weighted by Crippen LogP contribution is 2.29. The Kier molecular flexibility index (Phi) is 3.91. The Balaban J connectivity index is 2.09. The highest BCUT2D eigenvalue weighted by atomic mass is 32.2. The number of hydrogen-bond acceptors (Lipinski definition) is 3. The molecule has 0 bridgehead atoms. The van der Waals surface area contributed by atoms with Crippen LogP contribution in [0.1, 0.15) is 25.6 Å². The van der Waals surface area contributed by atoms with Crippen molar-refractivity contribution in [1.29, 1.82) is 0 Å². The Labute approximate surface area is 110 Å². The van der Waals surface area contributed by atoms with Gasteiger partial charge in [0, 0.05) is 34.3 Å². The van der Waals surface area contributed by atoms with Gasteiger partial charge in [-0.05, 0) is 32.0 Å². The van der Waals surface area contributed by atoms with E-state index in [-0.39, 0.29) is 5.82 Å². The number of anilines is 1. The fraction of sp³-hybridized carbons (Fsp3) is 0.308. The molecule has 0 radical (unpaired) electrons. The number of nitrogens with two attached hydrogens (primary N) is 1. The lowest BCUT2D eigenvalue weighted by atomic mass is 10.3. The number of benzene rings is 1. The van der Waals surface area contributed by atoms with Gasteiger partial charge in [0.2, 0.25) is 0 Å². The molecule has 0 aliphatic carbocycles. The third-order valence-corrected chi connectivity index (χ3v) is 3.77. The van der Waals surface area contributed by atoms with Crippen molar-refractivity contribution in [1.82, 2.24) is 9.55 Å². The van der Waals surface area contributed by atoms with Gasteiger partial charge in [-0.2, -0.15) is 0 Å². The van der Waals surface area contributed by atoms with Gasteiger partial charge in [0.25, 0.3) is 0 Å². The summed E-state index contributed by atoms with van der Waals surface area (Å²) in [7, 11) is 0. The van der Waals surface area contributed by atoms with E-state index in [9.17, 15) is 4.39 Å². The maximum absolute atomic E-state index is 12.9. The lowest BCUT2D eigenvalue weighted by Gasteiger charge is -2.12. The van der Waals surface area contributed by atoms with Gasteiger partial charge < -0.3 is 10.3 Å². The number of thioether (sulfide) groups is 1. The molecular weight excluding hydrogens is 249 g/mol. The van der Waals surface area contributed by atoms with Crippen molar-refractivity contribution in [2.45, 2.75) is 30.5 Å². The van der Waals surface area contributed by atoms with Crippen LogP contribution in [0.25, 0.3) is 0 Å². The summed E-state index contributed by atoms with van der Waals surface area (Å²) >= 11 is 1.59. The Morgan fingerprint density at radius 1 is 1.44 bits per heavy atom. The molecule has 18 heavy (non-hydrogen) atoms. The van der Waals surface area contributed by atoms with Gasteiger partial charge in [-0.1, -0.05) is 0 Å². The van der Waals surface area contributed by atoms with Crippen molar-refractivity contribution in [3.05, 3.63) is 42.2 Å². The van der Waals surface area contributed by atoms with Crippen molar-refractivity contribution in [2.75, 3.05) is 5.73 Å². The molecule has 5 heteroatoms. The van der Waals surface area contributed by atoms with E-state index in [1.165, 1.54) is 12.1 Å². The molecule has 2 aromatic rings. The smallest absolute Gasteiger partial charge is 0.125 e. The molecule has 2 N–H and O–H groups in total. The SMILES string of the molecule is CC(C)n1cncc1CSc1ccc(F)cc1N. The lowest BCUT2D eigenvalue weighted by molar-refractivity contribution is 0.584. The molecule has 2 rings (SSSR count). The van der Waals surface area contributed by atoms with Crippen LogP contribution < -0.4 is 5.73 Å². The van der Waals surface area contributed by atoms with Crippen LogP contribution in [0.5, 0.6) is 0 Å². The molecule has 1 heterocycles. The molecule has 0 fully saturated rings. The summed E-state index contributed by atoms with van der Waals surface area (Å²) in [5, 5.41) is 0. The Morgan fingerprint density at radius 3 is 2.89 bits per heavy atom. The van der Waals surface area contributed by atoms with E-state index in [1.54, 1.807) is 17.8 Å². The lowest BCUT2D eigenvalue weighted by Crippen LogP contribution is -2.03. The maximum Gasteiger partial charge on any atom is 0.125 e. The average molecular weight is 265 g/mol. The fourth-order valence-electron chi connectivity index (χ4n) is 1.71. The molecule has 0 saturated carbocycles. The minimum Gasteiger partial charge on any atom is -0.398 e. The molecule has 0 saturated heterocycles. The summed E-state index contributed by atoms with van der Waals surface area (Å²) in [6, 6.07) is 4.88. The number of nitrogens with zero attached hydrogens (tertiary/aromatic N) is 2. The van der Waals surface area contributed by atoms with Crippen LogP contribution in [0.15, 0.2) is 35.6 Å². The number of hydrogen-bond donors (Lipinski definition) is 1. The summed E-state index contributed by atoms with van der Waals surface area (Å²) in [6.45, 7) is 4.23. The predicted molar refractivity (Wildman–Crippen MR) is 73.0 cm³/mol. The fourth-order valence-corrected chi connectivity index (χ4v) is 2.63. The third kappa shape index (κ3) is 2.85. The summed E-state index contributed by atoms with van der Waals surface area (Å²) in [5.74, 6) is 0.470. The van der Waals surface area contributed by atoms with Gasteiger partial charge in [0.15, 0.2) is 0 Å². The topological polar surface area (TPSA) is 43.8 Å². The first-order valence-corrected chi connectivity index (χ1v) is 6.75. The van der Waals surface area contributed by atoms with E-state index in [0.717, 1.165) is 16.3 Å². The molecule has 0 spiro atoms. The number of rotatable bonds is 4. The quantitative estimate of drug-likeness (QED) is 0.680. The summed E-state index contributed by atoms with van der Waals surface area (Å²) < 4.78 is 15.0. The van der Waals surface area contributed by atoms with Gasteiger partial charge in [-0.3, -0.25) is 0 Å². The average Bonchev–Trinajstić information content (AvgIpc) is 2.76. The Bertz CT molecular complexity index is 537. The van der Waals surface area contributed by atoms with Crippen LogP contribution >= 0.6 is 11.8 Å². The van der Waals surface area contributed by atoms with Crippen molar-refractivity contribution in [3.63, 3.8) is 0 Å². The standard InChI is InChI=1S/C13H16FN3S/c1-9(2)17-8-16-6-11(17)7-18-13-4-3-10(14)5-12(13)15/h3-6,8-9H,7,15H2,1-2H3. The highest BCUT2D eigenvalue weighted by molar-refractivity contribution is 7.98. The monoisotopic (exact) mass is 265 g/mol. The zero-order valence-electron chi connectivity index (χ0n) is 10.4. The first-order chi connectivity index (χ1) is 8.58. The number of halogens is 1. The van der Waals surface area contributed by atoms with Crippen LogP contribution in [-0.2, 0) is 5.75 Å². The van der Waals surface area contributed by atoms with Gasteiger partial charge >= 0.3 is 0 Å². The van der Waals surface area contributed by atoms with Gasteiger partial charge in [0.05, 0.1) is 6.33 Å². The van der Waals surface area contributed by atoms with E-state index in [0.29, 0.717) is 11.7 Å². The van der Waals surface area contributed by atoms with Crippen molar-refractivity contribution < 1.29 is 4.39 Å². The van der Waals surface area contributed by atoms with Gasteiger partial charge in [0.1, 0.15) is 5.82 Å². The predicted octanol–water partition coefficient (Wildman–Crippen LogP) is 3.48. The van der Waals surface area contributed by atoms with E-state index >= 15 is 0 Å². The van der Waals surface area contributed by atoms with E-state index in [2.05, 4.69) is 23.4 Å². The zero-order valence-corrected chi connectivity index (χ0v) is 11.2. The van der Waals surface area contributed by atoms with E-state index in [4.69, 9.17) is 5.73 Å². The number of aromatic nitrogens is 2. The van der Waals surface area contributed by atoms with Crippen molar-refractivity contribution >= 4 is 17.4 Å². The minimum atomic E-state index is -0.302. The van der Waals surface area contributed by atoms with Crippen molar-refractivity contribution in [2.24, 2.45) is 0 Å². The Hall–Kier alpha value is -1.49. The first-order valence-electron chi connectivity index (χ1n) is 5.76. The second-order valence-electron chi connectivity index (χ2n) is 4.36. The molecule has 0 aliphatic rings. The molecular formula is C13H16FN3S. The molecule has 0 unspecified atom stereocenters. The minimum absolute atomic E-state index is 0.302. The van der Waals surface area contributed by atoms with Crippen LogP contribution in [0.2, 0.25) is 0 Å².